The molecule has 1 fully saturated rings. The Morgan fingerprint density at radius 3 is 3.00 bits per heavy atom. The normalized spacial score (nSPS) is 16.4. The van der Waals surface area contributed by atoms with E-state index in [2.05, 4.69) is 10.3 Å². The van der Waals surface area contributed by atoms with Crippen molar-refractivity contribution in [1.82, 2.24) is 9.38 Å². The van der Waals surface area contributed by atoms with Crippen molar-refractivity contribution in [3.8, 4) is 0 Å². The number of rotatable bonds is 5. The van der Waals surface area contributed by atoms with Crippen LogP contribution in [-0.4, -0.2) is 28.0 Å². The first-order chi connectivity index (χ1) is 13.6. The van der Waals surface area contributed by atoms with E-state index in [1.54, 1.807) is 16.7 Å². The lowest BCUT2D eigenvalue weighted by molar-refractivity contribution is -0.124. The van der Waals surface area contributed by atoms with Gasteiger partial charge in [-0.05, 0) is 43.5 Å². The number of hydrogen-bond donors (Lipinski definition) is 1. The number of nitrogens with zero attached hydrogens (tertiary/aromatic N) is 2. The molecule has 1 atom stereocenters. The number of amides is 1. The second-order valence-corrected chi connectivity index (χ2v) is 7.81. The van der Waals surface area contributed by atoms with E-state index in [0.717, 1.165) is 29.0 Å². The van der Waals surface area contributed by atoms with E-state index in [1.165, 1.54) is 11.8 Å². The Balaban J connectivity index is 1.51. The van der Waals surface area contributed by atoms with Gasteiger partial charge in [0.05, 0.1) is 11.4 Å². The van der Waals surface area contributed by atoms with Crippen LogP contribution in [0.3, 0.4) is 0 Å². The van der Waals surface area contributed by atoms with Gasteiger partial charge in [0.15, 0.2) is 0 Å². The number of para-hydroxylation sites is 1. The van der Waals surface area contributed by atoms with E-state index in [1.807, 2.05) is 43.3 Å². The minimum atomic E-state index is -0.372. The topological polar surface area (TPSA) is 72.7 Å². The van der Waals surface area contributed by atoms with Crippen LogP contribution in [0.5, 0.6) is 0 Å². The molecule has 4 rings (SSSR count). The lowest BCUT2D eigenvalue weighted by atomic mass is 10.2. The summed E-state index contributed by atoms with van der Waals surface area (Å²) < 4.78 is 7.01. The Morgan fingerprint density at radius 2 is 2.18 bits per heavy atom. The highest BCUT2D eigenvalue weighted by Gasteiger charge is 2.24. The molecule has 0 saturated carbocycles. The highest BCUT2D eigenvalue weighted by atomic mass is 32.2. The highest BCUT2D eigenvalue weighted by molar-refractivity contribution is 7.98. The van der Waals surface area contributed by atoms with Crippen LogP contribution in [0.4, 0.5) is 5.69 Å². The number of fused-ring (bicyclic) bond motifs is 1. The summed E-state index contributed by atoms with van der Waals surface area (Å²) in [5.74, 6) is 0.426. The highest BCUT2D eigenvalue weighted by Crippen LogP contribution is 2.30. The number of carbonyl (C=O) groups excluding carboxylic acids is 1. The van der Waals surface area contributed by atoms with Gasteiger partial charge < -0.3 is 10.1 Å². The Kier molecular flexibility index (Phi) is 5.45. The average molecular weight is 395 g/mol. The molecule has 1 N–H and O–H groups in total. The van der Waals surface area contributed by atoms with Crippen molar-refractivity contribution in [1.29, 1.82) is 0 Å². The number of aryl methyl sites for hydroxylation is 1. The van der Waals surface area contributed by atoms with Crippen LogP contribution < -0.4 is 10.9 Å². The standard InChI is InChI=1S/C21H21N3O3S/c1-14-8-9-19-22-15(11-20(25)24(19)12-14)13-28-18-7-3-2-5-16(18)23-21(26)17-6-4-10-27-17/h2-3,5,7-9,11-12,17H,4,6,10,13H2,1H3,(H,23,26)/t17-/m0/s1. The molecule has 144 valence electrons. The molecule has 28 heavy (non-hydrogen) atoms. The zero-order chi connectivity index (χ0) is 19.5. The first-order valence-electron chi connectivity index (χ1n) is 9.23. The molecule has 0 aliphatic carbocycles. The summed E-state index contributed by atoms with van der Waals surface area (Å²) in [6.45, 7) is 2.58. The van der Waals surface area contributed by atoms with Crippen LogP contribution in [0.25, 0.3) is 5.65 Å². The fraction of sp³-hybridized carbons (Fsp3) is 0.286. The van der Waals surface area contributed by atoms with Crippen LogP contribution in [0, 0.1) is 6.92 Å². The van der Waals surface area contributed by atoms with Gasteiger partial charge in [-0.25, -0.2) is 4.98 Å². The number of thioether (sulfide) groups is 1. The van der Waals surface area contributed by atoms with Gasteiger partial charge in [-0.3, -0.25) is 14.0 Å². The second kappa shape index (κ2) is 8.16. The summed E-state index contributed by atoms with van der Waals surface area (Å²) in [4.78, 5) is 30.2. The third-order valence-electron chi connectivity index (χ3n) is 4.60. The fourth-order valence-corrected chi connectivity index (χ4v) is 4.08. The molecular weight excluding hydrogens is 374 g/mol. The van der Waals surface area contributed by atoms with Crippen LogP contribution >= 0.6 is 11.8 Å². The molecule has 3 aromatic rings. The molecule has 1 aliphatic rings. The third-order valence-corrected chi connectivity index (χ3v) is 5.71. The van der Waals surface area contributed by atoms with E-state index in [-0.39, 0.29) is 17.6 Å². The Bertz CT molecular complexity index is 1070. The molecule has 3 heterocycles. The van der Waals surface area contributed by atoms with Crippen LogP contribution in [0.1, 0.15) is 24.1 Å². The van der Waals surface area contributed by atoms with Crippen molar-refractivity contribution in [3.63, 3.8) is 0 Å². The number of pyridine rings is 1. The molecule has 1 saturated heterocycles. The maximum atomic E-state index is 12.4. The third kappa shape index (κ3) is 4.10. The van der Waals surface area contributed by atoms with E-state index in [9.17, 15) is 9.59 Å². The molecule has 2 aromatic heterocycles. The van der Waals surface area contributed by atoms with E-state index in [4.69, 9.17) is 4.74 Å². The number of hydrogen-bond acceptors (Lipinski definition) is 5. The molecule has 0 spiro atoms. The molecule has 0 radical (unpaired) electrons. The zero-order valence-electron chi connectivity index (χ0n) is 15.6. The quantitative estimate of drug-likeness (QED) is 0.670. The molecule has 6 nitrogen and oxygen atoms in total. The van der Waals surface area contributed by atoms with E-state index in [0.29, 0.717) is 23.7 Å². The summed E-state index contributed by atoms with van der Waals surface area (Å²) in [5, 5.41) is 2.96. The van der Waals surface area contributed by atoms with Crippen LogP contribution in [0.15, 0.2) is 58.4 Å². The minimum absolute atomic E-state index is 0.0933. The number of ether oxygens (including phenoxy) is 1. The largest absolute Gasteiger partial charge is 0.368 e. The van der Waals surface area contributed by atoms with Crippen molar-refractivity contribution in [2.75, 3.05) is 11.9 Å². The zero-order valence-corrected chi connectivity index (χ0v) is 16.4. The summed E-state index contributed by atoms with van der Waals surface area (Å²) in [6.07, 6.45) is 3.09. The maximum absolute atomic E-state index is 12.4. The maximum Gasteiger partial charge on any atom is 0.258 e. The lowest BCUT2D eigenvalue weighted by Gasteiger charge is -2.13. The number of anilines is 1. The molecule has 1 aliphatic heterocycles. The van der Waals surface area contributed by atoms with Crippen LogP contribution in [0.2, 0.25) is 0 Å². The first kappa shape index (κ1) is 18.7. The number of benzene rings is 1. The number of carbonyl (C=O) groups is 1. The Morgan fingerprint density at radius 1 is 1.32 bits per heavy atom. The summed E-state index contributed by atoms with van der Waals surface area (Å²) >= 11 is 1.54. The summed E-state index contributed by atoms with van der Waals surface area (Å²) in [5.41, 5.74) is 3.01. The summed E-state index contributed by atoms with van der Waals surface area (Å²) in [6, 6.07) is 13.0. The number of nitrogens with one attached hydrogen (secondary N) is 1. The van der Waals surface area contributed by atoms with Gasteiger partial charge in [-0.15, -0.1) is 11.8 Å². The lowest BCUT2D eigenvalue weighted by Crippen LogP contribution is -2.27. The van der Waals surface area contributed by atoms with Crippen molar-refractivity contribution < 1.29 is 9.53 Å². The van der Waals surface area contributed by atoms with Gasteiger partial charge in [-0.2, -0.15) is 0 Å². The first-order valence-corrected chi connectivity index (χ1v) is 10.2. The van der Waals surface area contributed by atoms with E-state index < -0.39 is 0 Å². The van der Waals surface area contributed by atoms with Gasteiger partial charge >= 0.3 is 0 Å². The second-order valence-electron chi connectivity index (χ2n) is 6.80. The van der Waals surface area contributed by atoms with Crippen molar-refractivity contribution in [2.45, 2.75) is 36.5 Å². The predicted molar refractivity (Wildman–Crippen MR) is 110 cm³/mol. The van der Waals surface area contributed by atoms with Gasteiger partial charge in [0, 0.05) is 29.5 Å². The molecule has 0 bridgehead atoms. The molecule has 1 aromatic carbocycles. The molecular formula is C21H21N3O3S. The monoisotopic (exact) mass is 395 g/mol. The Labute approximate surface area is 166 Å². The average Bonchev–Trinajstić information content (AvgIpc) is 3.23. The van der Waals surface area contributed by atoms with Crippen molar-refractivity contribution in [3.05, 3.63) is 70.3 Å². The SMILES string of the molecule is Cc1ccc2nc(CSc3ccccc3NC(=O)[C@@H]3CCCO3)cc(=O)n2c1. The van der Waals surface area contributed by atoms with Gasteiger partial charge in [0.1, 0.15) is 11.8 Å². The molecule has 1 amide bonds. The van der Waals surface area contributed by atoms with Crippen molar-refractivity contribution in [2.24, 2.45) is 0 Å². The minimum Gasteiger partial charge on any atom is -0.368 e. The van der Waals surface area contributed by atoms with E-state index >= 15 is 0 Å². The van der Waals surface area contributed by atoms with Gasteiger partial charge in [0.25, 0.3) is 11.5 Å². The molecule has 0 unspecified atom stereocenters. The van der Waals surface area contributed by atoms with Gasteiger partial charge in [0.2, 0.25) is 0 Å². The Hall–Kier alpha value is -2.64. The van der Waals surface area contributed by atoms with Crippen LogP contribution in [-0.2, 0) is 15.3 Å². The predicted octanol–water partition coefficient (Wildman–Crippen LogP) is 3.41. The number of aromatic nitrogens is 2. The smallest absolute Gasteiger partial charge is 0.258 e. The van der Waals surface area contributed by atoms with Crippen molar-refractivity contribution >= 4 is 29.0 Å². The molecule has 7 heteroatoms. The fourth-order valence-electron chi connectivity index (χ4n) is 3.18. The summed E-state index contributed by atoms with van der Waals surface area (Å²) in [7, 11) is 0. The van der Waals surface area contributed by atoms with Gasteiger partial charge in [-0.1, -0.05) is 18.2 Å².